The van der Waals surface area contributed by atoms with Gasteiger partial charge in [-0.3, -0.25) is 9.51 Å². The summed E-state index contributed by atoms with van der Waals surface area (Å²) in [6.45, 7) is -0.159. The van der Waals surface area contributed by atoms with E-state index in [0.717, 1.165) is 0 Å². The normalized spacial score (nSPS) is 11.2. The van der Waals surface area contributed by atoms with Crippen LogP contribution in [-0.2, 0) is 6.54 Å². The predicted molar refractivity (Wildman–Crippen MR) is 79.1 cm³/mol. The zero-order valence-electron chi connectivity index (χ0n) is 12.0. The minimum absolute atomic E-state index is 0.116. The second-order valence-electron chi connectivity index (χ2n) is 5.02. The van der Waals surface area contributed by atoms with E-state index < -0.39 is 17.4 Å². The van der Waals surface area contributed by atoms with Crippen molar-refractivity contribution in [2.75, 3.05) is 0 Å². The minimum atomic E-state index is -0.725. The molecule has 4 rings (SSSR count). The van der Waals surface area contributed by atoms with Gasteiger partial charge in [0.25, 0.3) is 0 Å². The topological polar surface area (TPSA) is 89.6 Å². The molecule has 0 saturated carbocycles. The van der Waals surface area contributed by atoms with Crippen molar-refractivity contribution in [3.8, 4) is 11.5 Å². The number of benzene rings is 1. The highest BCUT2D eigenvalue weighted by Gasteiger charge is 2.18. The standard InChI is InChI=1S/C15H9F2N5O2/c16-10-4-1-5-11(17)9(10)7-22-14-8(3-2-6-18-14)12(20-22)13-19-15(23)24-21-13/h1-6H,7H2,(H,19,21,23). The second-order valence-corrected chi connectivity index (χ2v) is 5.02. The van der Waals surface area contributed by atoms with Crippen molar-refractivity contribution in [1.82, 2.24) is 24.9 Å². The van der Waals surface area contributed by atoms with Crippen molar-refractivity contribution in [3.05, 3.63) is 64.3 Å². The monoisotopic (exact) mass is 329 g/mol. The highest BCUT2D eigenvalue weighted by molar-refractivity contribution is 5.88. The van der Waals surface area contributed by atoms with Crippen molar-refractivity contribution < 1.29 is 13.3 Å². The number of halogens is 2. The molecule has 0 unspecified atom stereocenters. The Morgan fingerprint density at radius 3 is 2.67 bits per heavy atom. The van der Waals surface area contributed by atoms with Gasteiger partial charge in [-0.25, -0.2) is 23.2 Å². The van der Waals surface area contributed by atoms with Gasteiger partial charge in [0.1, 0.15) is 17.3 Å². The number of aromatic amines is 1. The molecule has 0 amide bonds. The maximum absolute atomic E-state index is 13.9. The largest absolute Gasteiger partial charge is 0.439 e. The van der Waals surface area contributed by atoms with Gasteiger partial charge in [-0.2, -0.15) is 5.10 Å². The van der Waals surface area contributed by atoms with E-state index in [9.17, 15) is 13.6 Å². The van der Waals surface area contributed by atoms with E-state index in [0.29, 0.717) is 16.7 Å². The Morgan fingerprint density at radius 2 is 1.96 bits per heavy atom. The quantitative estimate of drug-likeness (QED) is 0.622. The molecule has 0 spiro atoms. The number of rotatable bonds is 3. The van der Waals surface area contributed by atoms with E-state index in [2.05, 4.69) is 24.7 Å². The molecule has 0 atom stereocenters. The number of nitrogens with zero attached hydrogens (tertiary/aromatic N) is 4. The number of hydrogen-bond donors (Lipinski definition) is 1. The van der Waals surface area contributed by atoms with Crippen LogP contribution in [0.3, 0.4) is 0 Å². The molecule has 4 aromatic rings. The van der Waals surface area contributed by atoms with Gasteiger partial charge in [0.05, 0.1) is 11.9 Å². The zero-order valence-corrected chi connectivity index (χ0v) is 12.0. The molecule has 7 nitrogen and oxygen atoms in total. The van der Waals surface area contributed by atoms with Crippen LogP contribution in [0, 0.1) is 11.6 Å². The van der Waals surface area contributed by atoms with Crippen LogP contribution in [-0.4, -0.2) is 24.9 Å². The molecular formula is C15H9F2N5O2. The Balaban J connectivity index is 1.89. The van der Waals surface area contributed by atoms with Crippen LogP contribution in [0.1, 0.15) is 5.56 Å². The van der Waals surface area contributed by atoms with Gasteiger partial charge < -0.3 is 0 Å². The Kier molecular flexibility index (Phi) is 3.19. The summed E-state index contributed by atoms with van der Waals surface area (Å²) in [5, 5.41) is 8.44. The number of fused-ring (bicyclic) bond motifs is 1. The summed E-state index contributed by atoms with van der Waals surface area (Å²) < 4.78 is 33.6. The molecule has 1 aromatic carbocycles. The molecule has 120 valence electrons. The van der Waals surface area contributed by atoms with Crippen LogP contribution in [0.5, 0.6) is 0 Å². The number of aromatic nitrogens is 5. The van der Waals surface area contributed by atoms with Crippen LogP contribution in [0.4, 0.5) is 8.78 Å². The average Bonchev–Trinajstić information content (AvgIpc) is 3.15. The third kappa shape index (κ3) is 2.26. The predicted octanol–water partition coefficient (Wildman–Crippen LogP) is 2.10. The van der Waals surface area contributed by atoms with Crippen LogP contribution < -0.4 is 5.76 Å². The Labute approximate surface area is 132 Å². The van der Waals surface area contributed by atoms with E-state index in [1.165, 1.54) is 29.1 Å². The van der Waals surface area contributed by atoms with Gasteiger partial charge in [0, 0.05) is 11.8 Å². The van der Waals surface area contributed by atoms with Crippen LogP contribution in [0.15, 0.2) is 45.8 Å². The first kappa shape index (κ1) is 14.2. The van der Waals surface area contributed by atoms with Gasteiger partial charge in [0.15, 0.2) is 5.65 Å². The second kappa shape index (κ2) is 5.37. The Morgan fingerprint density at radius 1 is 1.17 bits per heavy atom. The van der Waals surface area contributed by atoms with Crippen LogP contribution >= 0.6 is 0 Å². The van der Waals surface area contributed by atoms with Gasteiger partial charge in [-0.1, -0.05) is 11.2 Å². The lowest BCUT2D eigenvalue weighted by molar-refractivity contribution is 0.387. The molecule has 0 bridgehead atoms. The van der Waals surface area contributed by atoms with E-state index in [4.69, 9.17) is 0 Å². The fourth-order valence-corrected chi connectivity index (χ4v) is 2.46. The number of hydrogen-bond acceptors (Lipinski definition) is 5. The van der Waals surface area contributed by atoms with Crippen molar-refractivity contribution in [2.24, 2.45) is 0 Å². The molecule has 0 radical (unpaired) electrons. The maximum atomic E-state index is 13.9. The van der Waals surface area contributed by atoms with Crippen LogP contribution in [0.25, 0.3) is 22.6 Å². The summed E-state index contributed by atoms with van der Waals surface area (Å²) in [5.41, 5.74) is 0.576. The summed E-state index contributed by atoms with van der Waals surface area (Å²) in [6.07, 6.45) is 1.54. The summed E-state index contributed by atoms with van der Waals surface area (Å²) >= 11 is 0. The molecule has 0 aliphatic rings. The molecule has 0 fully saturated rings. The third-order valence-corrected chi connectivity index (χ3v) is 3.54. The smallest absolute Gasteiger partial charge is 0.296 e. The molecule has 1 N–H and O–H groups in total. The van der Waals surface area contributed by atoms with Crippen LogP contribution in [0.2, 0.25) is 0 Å². The molecular weight excluding hydrogens is 320 g/mol. The lowest BCUT2D eigenvalue weighted by atomic mass is 10.2. The highest BCUT2D eigenvalue weighted by atomic mass is 19.1. The zero-order chi connectivity index (χ0) is 16.7. The van der Waals surface area contributed by atoms with Gasteiger partial charge >= 0.3 is 5.76 Å². The average molecular weight is 329 g/mol. The van der Waals surface area contributed by atoms with E-state index in [1.807, 2.05) is 0 Å². The first-order valence-corrected chi connectivity index (χ1v) is 6.94. The summed E-state index contributed by atoms with van der Waals surface area (Å²) in [4.78, 5) is 17.7. The van der Waals surface area contributed by atoms with Crippen molar-refractivity contribution in [2.45, 2.75) is 6.54 Å². The highest BCUT2D eigenvalue weighted by Crippen LogP contribution is 2.25. The van der Waals surface area contributed by atoms with Gasteiger partial charge in [-0.15, -0.1) is 0 Å². The van der Waals surface area contributed by atoms with E-state index >= 15 is 0 Å². The van der Waals surface area contributed by atoms with Crippen molar-refractivity contribution in [3.63, 3.8) is 0 Å². The molecule has 9 heteroatoms. The Hall–Kier alpha value is -3.36. The molecule has 0 saturated heterocycles. The summed E-state index contributed by atoms with van der Waals surface area (Å²) in [5.74, 6) is -1.96. The lowest BCUT2D eigenvalue weighted by Crippen LogP contribution is -2.07. The van der Waals surface area contributed by atoms with Gasteiger partial charge in [0.2, 0.25) is 5.82 Å². The summed E-state index contributed by atoms with van der Waals surface area (Å²) in [7, 11) is 0. The summed E-state index contributed by atoms with van der Waals surface area (Å²) in [6, 6.07) is 7.03. The van der Waals surface area contributed by atoms with Gasteiger partial charge in [-0.05, 0) is 24.3 Å². The minimum Gasteiger partial charge on any atom is -0.296 e. The molecule has 3 heterocycles. The molecule has 24 heavy (non-hydrogen) atoms. The fraction of sp³-hybridized carbons (Fsp3) is 0.0667. The lowest BCUT2D eigenvalue weighted by Gasteiger charge is -2.05. The number of pyridine rings is 1. The number of nitrogens with one attached hydrogen (secondary N) is 1. The molecule has 3 aromatic heterocycles. The first-order valence-electron chi connectivity index (χ1n) is 6.94. The fourth-order valence-electron chi connectivity index (χ4n) is 2.46. The molecule has 0 aliphatic carbocycles. The number of H-pyrrole nitrogens is 1. The maximum Gasteiger partial charge on any atom is 0.439 e. The van der Waals surface area contributed by atoms with E-state index in [1.54, 1.807) is 12.1 Å². The van der Waals surface area contributed by atoms with Crippen molar-refractivity contribution in [1.29, 1.82) is 0 Å². The third-order valence-electron chi connectivity index (χ3n) is 3.54. The Bertz CT molecular complexity index is 1080. The van der Waals surface area contributed by atoms with E-state index in [-0.39, 0.29) is 17.9 Å². The molecule has 0 aliphatic heterocycles. The first-order chi connectivity index (χ1) is 11.6. The van der Waals surface area contributed by atoms with Crippen molar-refractivity contribution >= 4 is 11.0 Å². The SMILES string of the molecule is O=c1[nH]c(-c2nn(Cc3c(F)cccc3F)c3ncccc23)no1.